The van der Waals surface area contributed by atoms with Gasteiger partial charge in [0.25, 0.3) is 0 Å². The van der Waals surface area contributed by atoms with E-state index in [0.29, 0.717) is 32.0 Å². The Labute approximate surface area is 153 Å². The van der Waals surface area contributed by atoms with E-state index in [1.54, 1.807) is 22.3 Å². The zero-order valence-electron chi connectivity index (χ0n) is 14.2. The van der Waals surface area contributed by atoms with E-state index in [-0.39, 0.29) is 5.91 Å². The van der Waals surface area contributed by atoms with Gasteiger partial charge in [-0.2, -0.15) is 13.2 Å². The van der Waals surface area contributed by atoms with Crippen molar-refractivity contribution in [2.45, 2.75) is 13.1 Å². The monoisotopic (exact) mass is 381 g/mol. The van der Waals surface area contributed by atoms with Crippen molar-refractivity contribution < 1.29 is 18.0 Å². The molecule has 1 fully saturated rings. The highest BCUT2D eigenvalue weighted by molar-refractivity contribution is 7.12. The van der Waals surface area contributed by atoms with E-state index in [1.165, 1.54) is 10.9 Å². The molecule has 0 aromatic carbocycles. The average molecular weight is 381 g/mol. The Bertz CT molecular complexity index is 791. The molecule has 0 saturated carbocycles. The van der Waals surface area contributed by atoms with Gasteiger partial charge >= 0.3 is 6.18 Å². The van der Waals surface area contributed by atoms with Crippen LogP contribution >= 0.6 is 11.3 Å². The number of carbonyl (C=O) groups excluding carboxylic acids is 1. The van der Waals surface area contributed by atoms with Gasteiger partial charge in [0.1, 0.15) is 5.82 Å². The molecule has 2 aromatic rings. The van der Waals surface area contributed by atoms with Gasteiger partial charge in [-0.1, -0.05) is 0 Å². The molecule has 3 heterocycles. The van der Waals surface area contributed by atoms with E-state index in [4.69, 9.17) is 0 Å². The van der Waals surface area contributed by atoms with Crippen LogP contribution in [0.4, 0.5) is 19.0 Å². The number of hydrogen-bond donors (Lipinski definition) is 0. The predicted molar refractivity (Wildman–Crippen MR) is 96.1 cm³/mol. The quantitative estimate of drug-likeness (QED) is 0.758. The zero-order valence-corrected chi connectivity index (χ0v) is 15.0. The number of carbonyl (C=O) groups is 1. The van der Waals surface area contributed by atoms with Crippen molar-refractivity contribution >= 4 is 29.1 Å². The van der Waals surface area contributed by atoms with Crippen molar-refractivity contribution in [3.05, 3.63) is 51.9 Å². The van der Waals surface area contributed by atoms with E-state index in [9.17, 15) is 18.0 Å². The number of aryl methyl sites for hydroxylation is 1. The lowest BCUT2D eigenvalue weighted by molar-refractivity contribution is -0.137. The van der Waals surface area contributed by atoms with Gasteiger partial charge in [0.2, 0.25) is 5.91 Å². The van der Waals surface area contributed by atoms with Gasteiger partial charge in [-0.15, -0.1) is 11.3 Å². The largest absolute Gasteiger partial charge is 0.417 e. The van der Waals surface area contributed by atoms with Crippen molar-refractivity contribution in [2.75, 3.05) is 31.1 Å². The minimum Gasteiger partial charge on any atom is -0.353 e. The lowest BCUT2D eigenvalue weighted by Crippen LogP contribution is -2.48. The number of anilines is 1. The summed E-state index contributed by atoms with van der Waals surface area (Å²) in [6, 6.07) is 6.38. The molecule has 1 amide bonds. The number of hydrogen-bond acceptors (Lipinski definition) is 4. The van der Waals surface area contributed by atoms with Gasteiger partial charge in [-0.05, 0) is 37.3 Å². The van der Waals surface area contributed by atoms with Gasteiger partial charge in [0.05, 0.1) is 5.56 Å². The summed E-state index contributed by atoms with van der Waals surface area (Å²) < 4.78 is 37.8. The van der Waals surface area contributed by atoms with Crippen LogP contribution < -0.4 is 4.90 Å². The third-order valence-electron chi connectivity index (χ3n) is 4.14. The van der Waals surface area contributed by atoms with Crippen LogP contribution in [0.2, 0.25) is 0 Å². The molecule has 138 valence electrons. The first kappa shape index (κ1) is 18.4. The van der Waals surface area contributed by atoms with Gasteiger partial charge in [0, 0.05) is 48.2 Å². The fraction of sp³-hybridized carbons (Fsp3) is 0.333. The molecule has 0 radical (unpaired) electrons. The summed E-state index contributed by atoms with van der Waals surface area (Å²) in [7, 11) is 0. The first-order chi connectivity index (χ1) is 12.3. The highest BCUT2D eigenvalue weighted by Crippen LogP contribution is 2.29. The number of aromatic nitrogens is 1. The van der Waals surface area contributed by atoms with Gasteiger partial charge in [-0.3, -0.25) is 4.79 Å². The molecule has 1 aliphatic rings. The van der Waals surface area contributed by atoms with Crippen LogP contribution in [0.5, 0.6) is 0 Å². The number of thiophene rings is 1. The Balaban J connectivity index is 1.55. The summed E-state index contributed by atoms with van der Waals surface area (Å²) in [4.78, 5) is 22.0. The van der Waals surface area contributed by atoms with Crippen molar-refractivity contribution in [1.82, 2.24) is 9.88 Å². The number of piperazine rings is 1. The van der Waals surface area contributed by atoms with E-state index in [1.807, 2.05) is 30.0 Å². The SMILES string of the molecule is Cc1ccc(/C=C/C(=O)N2CCN(c3ccc(C(F)(F)F)cn3)CC2)s1. The highest BCUT2D eigenvalue weighted by atomic mass is 32.1. The summed E-state index contributed by atoms with van der Waals surface area (Å²) in [6.45, 7) is 4.11. The molecule has 0 N–H and O–H groups in total. The number of rotatable bonds is 3. The van der Waals surface area contributed by atoms with Crippen LogP contribution in [-0.2, 0) is 11.0 Å². The lowest BCUT2D eigenvalue weighted by atomic mass is 10.2. The number of halogens is 3. The minimum absolute atomic E-state index is 0.0592. The molecule has 8 heteroatoms. The Morgan fingerprint density at radius 3 is 2.42 bits per heavy atom. The Kier molecular flexibility index (Phi) is 5.31. The fourth-order valence-corrected chi connectivity index (χ4v) is 3.48. The first-order valence-electron chi connectivity index (χ1n) is 8.14. The van der Waals surface area contributed by atoms with Crippen LogP contribution in [0.25, 0.3) is 6.08 Å². The molecule has 1 aliphatic heterocycles. The summed E-state index contributed by atoms with van der Waals surface area (Å²) in [6.07, 6.45) is -0.163. The number of alkyl halides is 3. The van der Waals surface area contributed by atoms with Crippen LogP contribution in [0, 0.1) is 6.92 Å². The summed E-state index contributed by atoms with van der Waals surface area (Å²) in [5, 5.41) is 0. The lowest BCUT2D eigenvalue weighted by Gasteiger charge is -2.35. The van der Waals surface area contributed by atoms with Crippen LogP contribution in [0.3, 0.4) is 0 Å². The molecule has 0 atom stereocenters. The first-order valence-corrected chi connectivity index (χ1v) is 8.96. The van der Waals surface area contributed by atoms with Crippen molar-refractivity contribution in [1.29, 1.82) is 0 Å². The summed E-state index contributed by atoms with van der Waals surface area (Å²) >= 11 is 1.62. The second-order valence-corrected chi connectivity index (χ2v) is 7.32. The van der Waals surface area contributed by atoms with Crippen LogP contribution in [0.15, 0.2) is 36.5 Å². The minimum atomic E-state index is -4.38. The number of nitrogens with zero attached hydrogens (tertiary/aromatic N) is 3. The molecule has 0 aliphatic carbocycles. The summed E-state index contributed by atoms with van der Waals surface area (Å²) in [5.74, 6) is 0.436. The second kappa shape index (κ2) is 7.49. The Morgan fingerprint density at radius 2 is 1.88 bits per heavy atom. The average Bonchev–Trinajstić information content (AvgIpc) is 3.04. The Hall–Kier alpha value is -2.35. The Morgan fingerprint density at radius 1 is 1.15 bits per heavy atom. The fourth-order valence-electron chi connectivity index (χ4n) is 2.70. The van der Waals surface area contributed by atoms with E-state index in [2.05, 4.69) is 4.98 Å². The number of pyridine rings is 1. The second-order valence-electron chi connectivity index (χ2n) is 6.00. The maximum absolute atomic E-state index is 12.6. The third-order valence-corrected chi connectivity index (χ3v) is 5.11. The van der Waals surface area contributed by atoms with E-state index in [0.717, 1.165) is 17.1 Å². The van der Waals surface area contributed by atoms with Gasteiger partial charge in [0.15, 0.2) is 0 Å². The van der Waals surface area contributed by atoms with Crippen molar-refractivity contribution in [3.8, 4) is 0 Å². The molecule has 2 aromatic heterocycles. The topological polar surface area (TPSA) is 36.4 Å². The smallest absolute Gasteiger partial charge is 0.353 e. The van der Waals surface area contributed by atoms with Crippen LogP contribution in [0.1, 0.15) is 15.3 Å². The van der Waals surface area contributed by atoms with E-state index >= 15 is 0 Å². The molecule has 1 saturated heterocycles. The molecule has 0 spiro atoms. The highest BCUT2D eigenvalue weighted by Gasteiger charge is 2.31. The van der Waals surface area contributed by atoms with Crippen molar-refractivity contribution in [3.63, 3.8) is 0 Å². The molecule has 4 nitrogen and oxygen atoms in total. The third kappa shape index (κ3) is 4.43. The molecule has 0 unspecified atom stereocenters. The van der Waals surface area contributed by atoms with Gasteiger partial charge < -0.3 is 9.80 Å². The number of amides is 1. The predicted octanol–water partition coefficient (Wildman–Crippen LogP) is 3.83. The maximum atomic E-state index is 12.6. The molecular weight excluding hydrogens is 363 g/mol. The molecule has 3 rings (SSSR count). The van der Waals surface area contributed by atoms with Crippen LogP contribution in [-0.4, -0.2) is 42.0 Å². The summed E-state index contributed by atoms with van der Waals surface area (Å²) in [5.41, 5.74) is -0.760. The molecule has 26 heavy (non-hydrogen) atoms. The maximum Gasteiger partial charge on any atom is 0.417 e. The zero-order chi connectivity index (χ0) is 18.7. The molecular formula is C18H18F3N3OS. The standard InChI is InChI=1S/C18H18F3N3OS/c1-13-2-4-15(26-13)5-7-17(25)24-10-8-23(9-11-24)16-6-3-14(12-22-16)18(19,20)21/h2-7,12H,8-11H2,1H3/b7-5+. The van der Waals surface area contributed by atoms with Crippen molar-refractivity contribution in [2.24, 2.45) is 0 Å². The molecule has 0 bridgehead atoms. The normalized spacial score (nSPS) is 15.7. The van der Waals surface area contributed by atoms with E-state index < -0.39 is 11.7 Å². The van der Waals surface area contributed by atoms with Gasteiger partial charge in [-0.25, -0.2) is 4.98 Å².